The molecule has 0 atom stereocenters. The highest BCUT2D eigenvalue weighted by Gasteiger charge is 2.61. The van der Waals surface area contributed by atoms with E-state index in [1.54, 1.807) is 4.90 Å². The van der Waals surface area contributed by atoms with Crippen LogP contribution >= 0.6 is 0 Å². The highest BCUT2D eigenvalue weighted by Crippen LogP contribution is 2.47. The van der Waals surface area contributed by atoms with Crippen LogP contribution in [0.4, 0.5) is 4.79 Å². The van der Waals surface area contributed by atoms with E-state index in [1.165, 1.54) is 4.90 Å². The fourth-order valence-corrected chi connectivity index (χ4v) is 5.20. The topological polar surface area (TPSA) is 99.7 Å². The summed E-state index contributed by atoms with van der Waals surface area (Å²) >= 11 is 0. The van der Waals surface area contributed by atoms with Crippen LogP contribution in [0.25, 0.3) is 0 Å². The lowest BCUT2D eigenvalue weighted by Gasteiger charge is -2.46. The predicted octanol–water partition coefficient (Wildman–Crippen LogP) is 2.90. The smallest absolute Gasteiger partial charge is 0.329 e. The van der Waals surface area contributed by atoms with Crippen molar-refractivity contribution in [1.82, 2.24) is 9.80 Å². The first kappa shape index (κ1) is 21.3. The van der Waals surface area contributed by atoms with Gasteiger partial charge in [-0.25, -0.2) is 9.69 Å². The maximum absolute atomic E-state index is 13.1. The zero-order valence-electron chi connectivity index (χ0n) is 17.5. The first-order chi connectivity index (χ1) is 13.1. The Morgan fingerprint density at radius 3 is 2.36 bits per heavy atom. The summed E-state index contributed by atoms with van der Waals surface area (Å²) in [6.07, 6.45) is 5.26. The van der Waals surface area contributed by atoms with Crippen molar-refractivity contribution in [1.29, 1.82) is 5.26 Å². The molecule has 156 valence electrons. The second-order valence-electron chi connectivity index (χ2n) is 10.1. The molecule has 1 spiro atoms. The molecule has 7 nitrogen and oxygen atoms in total. The van der Waals surface area contributed by atoms with E-state index < -0.39 is 19.0 Å². The minimum absolute atomic E-state index is 0.0187. The molecule has 3 rings (SSSR count). The van der Waals surface area contributed by atoms with E-state index in [-0.39, 0.29) is 24.7 Å². The number of nitrogens with two attached hydrogens (primary N) is 1. The Balaban J connectivity index is 1.70. The Labute approximate surface area is 169 Å². The molecule has 2 saturated carbocycles. The molecule has 3 aliphatic rings. The number of rotatable bonds is 7. The molecular formula is C20H34N4O3Si. The van der Waals surface area contributed by atoms with Gasteiger partial charge in [0.2, 0.25) is 0 Å². The first-order valence-electron chi connectivity index (χ1n) is 10.5. The van der Waals surface area contributed by atoms with Gasteiger partial charge in [-0.1, -0.05) is 19.6 Å². The molecule has 28 heavy (non-hydrogen) atoms. The lowest BCUT2D eigenvalue weighted by molar-refractivity contribution is -0.140. The van der Waals surface area contributed by atoms with Crippen LogP contribution in [0.3, 0.4) is 0 Å². The summed E-state index contributed by atoms with van der Waals surface area (Å²) in [5.41, 5.74) is 4.67. The number of amides is 3. The van der Waals surface area contributed by atoms with E-state index in [0.717, 1.165) is 25.3 Å². The number of carbonyl (C=O) groups is 2. The molecule has 0 unspecified atom stereocenters. The lowest BCUT2D eigenvalue weighted by atomic mass is 9.70. The van der Waals surface area contributed by atoms with Gasteiger partial charge in [0.15, 0.2) is 0 Å². The minimum Gasteiger partial charge on any atom is -0.361 e. The van der Waals surface area contributed by atoms with Crippen molar-refractivity contribution in [3.05, 3.63) is 0 Å². The summed E-state index contributed by atoms with van der Waals surface area (Å²) in [4.78, 5) is 29.2. The van der Waals surface area contributed by atoms with Gasteiger partial charge in [0.05, 0.1) is 11.5 Å². The molecule has 8 heteroatoms. The first-order valence-corrected chi connectivity index (χ1v) is 14.2. The standard InChI is InChI=1S/C20H34N4O3Si/c1-28(2,3)12-11-27-15-23-17(25)20(7-4-8-20)24(18(23)26)14-19(13-21)9-5-16(22)6-10-19/h16H,4-12,14-15,22H2,1-3H3. The van der Waals surface area contributed by atoms with Crippen molar-refractivity contribution < 1.29 is 14.3 Å². The van der Waals surface area contributed by atoms with E-state index in [4.69, 9.17) is 10.5 Å². The summed E-state index contributed by atoms with van der Waals surface area (Å²) < 4.78 is 5.71. The molecule has 3 fully saturated rings. The number of imide groups is 1. The summed E-state index contributed by atoms with van der Waals surface area (Å²) in [7, 11) is -1.23. The summed E-state index contributed by atoms with van der Waals surface area (Å²) in [6, 6.07) is 3.30. The van der Waals surface area contributed by atoms with Crippen LogP contribution in [0.2, 0.25) is 25.7 Å². The van der Waals surface area contributed by atoms with E-state index in [0.29, 0.717) is 38.8 Å². The molecule has 1 aliphatic heterocycles. The quantitative estimate of drug-likeness (QED) is 0.398. The van der Waals surface area contributed by atoms with Gasteiger partial charge >= 0.3 is 6.03 Å². The number of urea groups is 1. The largest absolute Gasteiger partial charge is 0.361 e. The third kappa shape index (κ3) is 3.98. The number of hydrogen-bond donors (Lipinski definition) is 1. The molecule has 0 radical (unpaired) electrons. The zero-order chi connectivity index (χ0) is 20.6. The molecule has 2 N–H and O–H groups in total. The highest BCUT2D eigenvalue weighted by atomic mass is 28.3. The molecule has 0 aromatic rings. The number of carbonyl (C=O) groups excluding carboxylic acids is 2. The maximum atomic E-state index is 13.1. The Hall–Kier alpha value is -1.43. The molecule has 3 amide bonds. The van der Waals surface area contributed by atoms with E-state index in [1.807, 2.05) is 0 Å². The summed E-state index contributed by atoms with van der Waals surface area (Å²) in [5.74, 6) is -0.141. The molecular weight excluding hydrogens is 372 g/mol. The molecule has 2 aliphatic carbocycles. The highest BCUT2D eigenvalue weighted by molar-refractivity contribution is 6.76. The average Bonchev–Trinajstić information content (AvgIpc) is 2.80. The van der Waals surface area contributed by atoms with Crippen LogP contribution in [0.5, 0.6) is 0 Å². The van der Waals surface area contributed by atoms with Gasteiger partial charge in [-0.05, 0) is 51.0 Å². The number of ether oxygens (including phenoxy) is 1. The van der Waals surface area contributed by atoms with Crippen molar-refractivity contribution >= 4 is 20.0 Å². The van der Waals surface area contributed by atoms with Gasteiger partial charge in [0.25, 0.3) is 5.91 Å². The van der Waals surface area contributed by atoms with E-state index in [2.05, 4.69) is 25.7 Å². The van der Waals surface area contributed by atoms with E-state index >= 15 is 0 Å². The van der Waals surface area contributed by atoms with Crippen molar-refractivity contribution in [3.8, 4) is 6.07 Å². The molecule has 0 aromatic carbocycles. The van der Waals surface area contributed by atoms with Crippen LogP contribution in [0.15, 0.2) is 0 Å². The molecule has 1 saturated heterocycles. The maximum Gasteiger partial charge on any atom is 0.329 e. The third-order valence-electron chi connectivity index (χ3n) is 6.70. The van der Waals surface area contributed by atoms with Crippen LogP contribution in [-0.2, 0) is 9.53 Å². The number of hydrogen-bond acceptors (Lipinski definition) is 5. The normalized spacial score (nSPS) is 29.9. The Morgan fingerprint density at radius 2 is 1.86 bits per heavy atom. The monoisotopic (exact) mass is 406 g/mol. The van der Waals surface area contributed by atoms with Crippen molar-refractivity contribution in [2.24, 2.45) is 11.1 Å². The Bertz CT molecular complexity index is 657. The zero-order valence-corrected chi connectivity index (χ0v) is 18.5. The Morgan fingerprint density at radius 1 is 1.21 bits per heavy atom. The van der Waals surface area contributed by atoms with Gasteiger partial charge in [-0.15, -0.1) is 0 Å². The van der Waals surface area contributed by atoms with Gasteiger partial charge in [-0.2, -0.15) is 5.26 Å². The third-order valence-corrected chi connectivity index (χ3v) is 8.41. The second kappa shape index (κ2) is 7.77. The minimum atomic E-state index is -1.23. The second-order valence-corrected chi connectivity index (χ2v) is 15.7. The fraction of sp³-hybridized carbons (Fsp3) is 0.850. The van der Waals surface area contributed by atoms with Crippen LogP contribution in [0, 0.1) is 16.7 Å². The average molecular weight is 407 g/mol. The van der Waals surface area contributed by atoms with Crippen LogP contribution in [-0.4, -0.2) is 61.3 Å². The SMILES string of the molecule is C[Si](C)(C)CCOCN1C(=O)N(CC2(C#N)CCC(N)CC2)C2(CCC2)C1=O. The Kier molecular flexibility index (Phi) is 5.90. The fourth-order valence-electron chi connectivity index (χ4n) is 4.45. The summed E-state index contributed by atoms with van der Waals surface area (Å²) in [6.45, 7) is 7.72. The summed E-state index contributed by atoms with van der Waals surface area (Å²) in [5, 5.41) is 9.87. The van der Waals surface area contributed by atoms with Gasteiger partial charge in [-0.3, -0.25) is 4.79 Å². The lowest BCUT2D eigenvalue weighted by Crippen LogP contribution is -2.57. The van der Waals surface area contributed by atoms with Crippen molar-refractivity contribution in [3.63, 3.8) is 0 Å². The van der Waals surface area contributed by atoms with Crippen LogP contribution < -0.4 is 5.73 Å². The van der Waals surface area contributed by atoms with Crippen molar-refractivity contribution in [2.45, 2.75) is 82.2 Å². The predicted molar refractivity (Wildman–Crippen MR) is 109 cm³/mol. The number of nitrogens with zero attached hydrogens (tertiary/aromatic N) is 3. The molecule has 0 bridgehead atoms. The van der Waals surface area contributed by atoms with Gasteiger partial charge < -0.3 is 15.4 Å². The number of nitriles is 1. The van der Waals surface area contributed by atoms with Crippen LogP contribution in [0.1, 0.15) is 44.9 Å². The van der Waals surface area contributed by atoms with E-state index in [9.17, 15) is 14.9 Å². The van der Waals surface area contributed by atoms with Crippen molar-refractivity contribution in [2.75, 3.05) is 19.9 Å². The van der Waals surface area contributed by atoms with Gasteiger partial charge in [0, 0.05) is 27.3 Å². The molecule has 1 heterocycles. The molecule has 0 aromatic heterocycles. The van der Waals surface area contributed by atoms with Gasteiger partial charge in [0.1, 0.15) is 12.3 Å².